The number of aliphatic carboxylic acids is 1. The second kappa shape index (κ2) is 6.61. The van der Waals surface area contributed by atoms with Gasteiger partial charge in [0, 0.05) is 6.04 Å². The van der Waals surface area contributed by atoms with Crippen LogP contribution in [0.1, 0.15) is 32.3 Å². The maximum Gasteiger partial charge on any atom is 0.411 e. The number of hydrogen-bond donors (Lipinski definition) is 1. The molecule has 1 aliphatic heterocycles. The third kappa shape index (κ3) is 3.54. The van der Waals surface area contributed by atoms with Crippen LogP contribution in [0.15, 0.2) is 30.3 Å². The van der Waals surface area contributed by atoms with E-state index in [0.717, 1.165) is 12.0 Å². The second-order valence-corrected chi connectivity index (χ2v) is 5.60. The summed E-state index contributed by atoms with van der Waals surface area (Å²) in [6.07, 6.45) is 0.729. The molecule has 3 atom stereocenters. The normalized spacial score (nSPS) is 25.4. The van der Waals surface area contributed by atoms with Gasteiger partial charge in [0.15, 0.2) is 0 Å². The number of nitrogens with zero attached hydrogens (tertiary/aromatic N) is 1. The van der Waals surface area contributed by atoms with Crippen LogP contribution >= 0.6 is 0 Å². The largest absolute Gasteiger partial charge is 0.480 e. The number of piperidine rings is 1. The number of carboxylic acid groups (broad SMARTS) is 1. The summed E-state index contributed by atoms with van der Waals surface area (Å²) in [5.74, 6) is -0.699. The number of ether oxygens (including phenoxy) is 1. The quantitative estimate of drug-likeness (QED) is 0.930. The maximum atomic E-state index is 12.3. The van der Waals surface area contributed by atoms with Gasteiger partial charge in [0.25, 0.3) is 0 Å². The summed E-state index contributed by atoms with van der Waals surface area (Å²) in [5, 5.41) is 9.30. The van der Waals surface area contributed by atoms with E-state index in [1.165, 1.54) is 4.90 Å². The van der Waals surface area contributed by atoms with E-state index >= 15 is 0 Å². The molecule has 2 rings (SSSR count). The van der Waals surface area contributed by atoms with E-state index in [1.807, 2.05) is 44.2 Å². The first-order valence-corrected chi connectivity index (χ1v) is 7.22. The van der Waals surface area contributed by atoms with E-state index in [4.69, 9.17) is 4.74 Å². The molecule has 1 aliphatic rings. The summed E-state index contributed by atoms with van der Waals surface area (Å²) in [4.78, 5) is 25.0. The van der Waals surface area contributed by atoms with Gasteiger partial charge in [-0.05, 0) is 31.2 Å². The van der Waals surface area contributed by atoms with E-state index in [9.17, 15) is 14.7 Å². The SMILES string of the molecule is CC1CCC(C(=O)O)N(C(=O)OCc2ccccc2)C1C. The molecular formula is C16H21NO4. The lowest BCUT2D eigenvalue weighted by molar-refractivity contribution is -0.145. The van der Waals surface area contributed by atoms with Crippen LogP contribution in [0.2, 0.25) is 0 Å². The summed E-state index contributed by atoms with van der Waals surface area (Å²) in [6.45, 7) is 4.06. The fourth-order valence-electron chi connectivity index (χ4n) is 2.69. The van der Waals surface area contributed by atoms with Gasteiger partial charge in [-0.2, -0.15) is 0 Å². The van der Waals surface area contributed by atoms with Crippen LogP contribution in [0.5, 0.6) is 0 Å². The molecule has 21 heavy (non-hydrogen) atoms. The Balaban J connectivity index is 2.05. The van der Waals surface area contributed by atoms with E-state index < -0.39 is 18.1 Å². The molecule has 5 heteroatoms. The van der Waals surface area contributed by atoms with Crippen molar-refractivity contribution in [1.82, 2.24) is 4.90 Å². The van der Waals surface area contributed by atoms with E-state index in [-0.39, 0.29) is 18.6 Å². The van der Waals surface area contributed by atoms with Crippen molar-refractivity contribution in [2.75, 3.05) is 0 Å². The molecule has 0 aromatic heterocycles. The van der Waals surface area contributed by atoms with Gasteiger partial charge in [0.2, 0.25) is 0 Å². The highest BCUT2D eigenvalue weighted by Gasteiger charge is 2.40. The highest BCUT2D eigenvalue weighted by atomic mass is 16.6. The second-order valence-electron chi connectivity index (χ2n) is 5.60. The van der Waals surface area contributed by atoms with Crippen molar-refractivity contribution < 1.29 is 19.4 Å². The van der Waals surface area contributed by atoms with E-state index in [1.54, 1.807) is 0 Å². The molecule has 0 bridgehead atoms. The monoisotopic (exact) mass is 291 g/mol. The Hall–Kier alpha value is -2.04. The molecule has 0 radical (unpaired) electrons. The van der Waals surface area contributed by atoms with Crippen molar-refractivity contribution in [1.29, 1.82) is 0 Å². The predicted octanol–water partition coefficient (Wildman–Crippen LogP) is 2.90. The molecule has 114 valence electrons. The average molecular weight is 291 g/mol. The molecular weight excluding hydrogens is 270 g/mol. The van der Waals surface area contributed by atoms with Crippen LogP contribution in [-0.4, -0.2) is 34.2 Å². The van der Waals surface area contributed by atoms with Crippen molar-refractivity contribution in [3.05, 3.63) is 35.9 Å². The first-order valence-electron chi connectivity index (χ1n) is 7.22. The minimum absolute atomic E-state index is 0.136. The van der Waals surface area contributed by atoms with Gasteiger partial charge in [-0.1, -0.05) is 37.3 Å². The van der Waals surface area contributed by atoms with Crippen molar-refractivity contribution >= 4 is 12.1 Å². The summed E-state index contributed by atoms with van der Waals surface area (Å²) < 4.78 is 5.29. The predicted molar refractivity (Wildman–Crippen MR) is 77.7 cm³/mol. The summed E-state index contributed by atoms with van der Waals surface area (Å²) in [5.41, 5.74) is 0.885. The molecule has 1 aromatic rings. The third-order valence-corrected chi connectivity index (χ3v) is 4.19. The Morgan fingerprint density at radius 2 is 1.90 bits per heavy atom. The highest BCUT2D eigenvalue weighted by molar-refractivity contribution is 5.80. The van der Waals surface area contributed by atoms with E-state index in [0.29, 0.717) is 6.42 Å². The van der Waals surface area contributed by atoms with Crippen LogP contribution in [0.3, 0.4) is 0 Å². The van der Waals surface area contributed by atoms with Crippen LogP contribution in [0, 0.1) is 5.92 Å². The van der Waals surface area contributed by atoms with E-state index in [2.05, 4.69) is 0 Å². The Morgan fingerprint density at radius 3 is 2.52 bits per heavy atom. The highest BCUT2D eigenvalue weighted by Crippen LogP contribution is 2.28. The first kappa shape index (κ1) is 15.4. The molecule has 0 saturated carbocycles. The Labute approximate surface area is 124 Å². The Morgan fingerprint density at radius 1 is 1.24 bits per heavy atom. The Bertz CT molecular complexity index is 502. The molecule has 0 spiro atoms. The third-order valence-electron chi connectivity index (χ3n) is 4.19. The molecule has 0 aliphatic carbocycles. The minimum Gasteiger partial charge on any atom is -0.480 e. The number of carbonyl (C=O) groups excluding carboxylic acids is 1. The summed E-state index contributed by atoms with van der Waals surface area (Å²) in [7, 11) is 0. The van der Waals surface area contributed by atoms with Crippen LogP contribution in [0.25, 0.3) is 0 Å². The first-order chi connectivity index (χ1) is 10.0. The van der Waals surface area contributed by atoms with Gasteiger partial charge in [0.1, 0.15) is 12.6 Å². The fraction of sp³-hybridized carbons (Fsp3) is 0.500. The fourth-order valence-corrected chi connectivity index (χ4v) is 2.69. The Kier molecular flexibility index (Phi) is 4.83. The number of carbonyl (C=O) groups is 2. The van der Waals surface area contributed by atoms with Crippen molar-refractivity contribution in [3.63, 3.8) is 0 Å². The number of likely N-dealkylation sites (tertiary alicyclic amines) is 1. The minimum atomic E-state index is -0.967. The zero-order valence-electron chi connectivity index (χ0n) is 12.4. The number of carboxylic acids is 1. The van der Waals surface area contributed by atoms with Gasteiger partial charge < -0.3 is 9.84 Å². The van der Waals surface area contributed by atoms with Crippen LogP contribution in [-0.2, 0) is 16.1 Å². The van der Waals surface area contributed by atoms with Gasteiger partial charge in [-0.15, -0.1) is 0 Å². The molecule has 1 saturated heterocycles. The van der Waals surface area contributed by atoms with Gasteiger partial charge in [-0.3, -0.25) is 4.90 Å². The van der Waals surface area contributed by atoms with Gasteiger partial charge in [-0.25, -0.2) is 9.59 Å². The molecule has 3 unspecified atom stereocenters. The molecule has 1 amide bonds. The zero-order chi connectivity index (χ0) is 15.4. The lowest BCUT2D eigenvalue weighted by Crippen LogP contribution is -2.55. The maximum absolute atomic E-state index is 12.3. The van der Waals surface area contributed by atoms with Crippen LogP contribution < -0.4 is 0 Å². The van der Waals surface area contributed by atoms with Gasteiger partial charge >= 0.3 is 12.1 Å². The molecule has 5 nitrogen and oxygen atoms in total. The molecule has 1 aromatic carbocycles. The molecule has 1 heterocycles. The summed E-state index contributed by atoms with van der Waals surface area (Å²) >= 11 is 0. The smallest absolute Gasteiger partial charge is 0.411 e. The summed E-state index contributed by atoms with van der Waals surface area (Å²) in [6, 6.07) is 8.43. The number of rotatable bonds is 3. The standard InChI is InChI=1S/C16H21NO4/c1-11-8-9-14(15(18)19)17(12(11)2)16(20)21-10-13-6-4-3-5-7-13/h3-7,11-12,14H,8-10H2,1-2H3,(H,18,19). The van der Waals surface area contributed by atoms with Crippen molar-refractivity contribution in [2.24, 2.45) is 5.92 Å². The zero-order valence-corrected chi connectivity index (χ0v) is 12.4. The topological polar surface area (TPSA) is 66.8 Å². The average Bonchev–Trinajstić information content (AvgIpc) is 2.48. The number of amides is 1. The lowest BCUT2D eigenvalue weighted by Gasteiger charge is -2.41. The molecule has 1 fully saturated rings. The molecule has 1 N–H and O–H groups in total. The lowest BCUT2D eigenvalue weighted by atomic mass is 9.88. The van der Waals surface area contributed by atoms with Crippen molar-refractivity contribution in [2.45, 2.75) is 45.4 Å². The number of benzene rings is 1. The number of hydrogen-bond acceptors (Lipinski definition) is 3. The van der Waals surface area contributed by atoms with Crippen LogP contribution in [0.4, 0.5) is 4.79 Å². The van der Waals surface area contributed by atoms with Crippen molar-refractivity contribution in [3.8, 4) is 0 Å². The van der Waals surface area contributed by atoms with Gasteiger partial charge in [0.05, 0.1) is 0 Å².